The summed E-state index contributed by atoms with van der Waals surface area (Å²) in [5, 5.41) is 1.04. The van der Waals surface area contributed by atoms with Crippen LogP contribution in [0.15, 0.2) is 48.5 Å². The molecule has 130 valence electrons. The fraction of sp³-hybridized carbons (Fsp3) is 0.286. The smallest absolute Gasteiger partial charge is 0.337 e. The number of para-hydroxylation sites is 1. The third-order valence-electron chi connectivity index (χ3n) is 4.42. The molecule has 0 aliphatic rings. The van der Waals surface area contributed by atoms with E-state index in [9.17, 15) is 4.79 Å². The SMILES string of the molecule is COC(=O)c1ccc2c(c1)cc(Cc1ccccc1OC)n2C(C)C. The van der Waals surface area contributed by atoms with Crippen LogP contribution < -0.4 is 4.74 Å². The first kappa shape index (κ1) is 17.1. The Morgan fingerprint density at radius 3 is 2.52 bits per heavy atom. The number of benzene rings is 2. The van der Waals surface area contributed by atoms with Crippen LogP contribution in [-0.4, -0.2) is 24.8 Å². The summed E-state index contributed by atoms with van der Waals surface area (Å²) in [7, 11) is 3.10. The first-order chi connectivity index (χ1) is 12.0. The summed E-state index contributed by atoms with van der Waals surface area (Å²) < 4.78 is 12.6. The number of methoxy groups -OCH3 is 2. The van der Waals surface area contributed by atoms with Gasteiger partial charge in [-0.05, 0) is 49.7 Å². The molecule has 2 aromatic carbocycles. The van der Waals surface area contributed by atoms with E-state index in [1.54, 1.807) is 7.11 Å². The van der Waals surface area contributed by atoms with Crippen LogP contribution >= 0.6 is 0 Å². The van der Waals surface area contributed by atoms with Gasteiger partial charge in [-0.1, -0.05) is 18.2 Å². The predicted molar refractivity (Wildman–Crippen MR) is 99.5 cm³/mol. The Labute approximate surface area is 148 Å². The van der Waals surface area contributed by atoms with Gasteiger partial charge < -0.3 is 14.0 Å². The lowest BCUT2D eigenvalue weighted by molar-refractivity contribution is 0.0601. The Morgan fingerprint density at radius 2 is 1.84 bits per heavy atom. The first-order valence-electron chi connectivity index (χ1n) is 8.39. The summed E-state index contributed by atoms with van der Waals surface area (Å²) in [6.07, 6.45) is 0.768. The number of carbonyl (C=O) groups is 1. The minimum atomic E-state index is -0.314. The zero-order chi connectivity index (χ0) is 18.0. The van der Waals surface area contributed by atoms with E-state index in [1.165, 1.54) is 12.8 Å². The number of nitrogens with zero attached hydrogens (tertiary/aromatic N) is 1. The van der Waals surface area contributed by atoms with Crippen molar-refractivity contribution in [3.63, 3.8) is 0 Å². The van der Waals surface area contributed by atoms with Gasteiger partial charge in [0.05, 0.1) is 19.8 Å². The number of hydrogen-bond donors (Lipinski definition) is 0. The molecule has 0 aliphatic carbocycles. The van der Waals surface area contributed by atoms with Crippen LogP contribution in [-0.2, 0) is 11.2 Å². The minimum absolute atomic E-state index is 0.311. The molecule has 0 saturated carbocycles. The molecular formula is C21H23NO3. The summed E-state index contributed by atoms with van der Waals surface area (Å²) in [5.41, 5.74) is 4.02. The lowest BCUT2D eigenvalue weighted by Gasteiger charge is -2.16. The van der Waals surface area contributed by atoms with E-state index in [0.29, 0.717) is 11.6 Å². The van der Waals surface area contributed by atoms with E-state index in [0.717, 1.165) is 28.6 Å². The summed E-state index contributed by atoms with van der Waals surface area (Å²) >= 11 is 0. The Kier molecular flexibility index (Phi) is 4.79. The van der Waals surface area contributed by atoms with Crippen molar-refractivity contribution < 1.29 is 14.3 Å². The fourth-order valence-corrected chi connectivity index (χ4v) is 3.33. The normalized spacial score (nSPS) is 11.1. The van der Waals surface area contributed by atoms with Crippen LogP contribution in [0.1, 0.15) is 41.5 Å². The summed E-state index contributed by atoms with van der Waals surface area (Å²) in [6, 6.07) is 16.2. The van der Waals surface area contributed by atoms with Gasteiger partial charge in [0.2, 0.25) is 0 Å². The molecule has 3 aromatic rings. The number of rotatable bonds is 5. The molecule has 0 atom stereocenters. The molecule has 4 nitrogen and oxygen atoms in total. The molecule has 0 saturated heterocycles. The molecule has 0 bridgehead atoms. The molecule has 0 radical (unpaired) electrons. The largest absolute Gasteiger partial charge is 0.496 e. The monoisotopic (exact) mass is 337 g/mol. The standard InChI is InChI=1S/C21H23NO3/c1-14(2)22-18(12-15-7-5-6-8-20(15)24-3)13-17-11-16(21(23)25-4)9-10-19(17)22/h5-11,13-14H,12H2,1-4H3. The number of aromatic nitrogens is 1. The van der Waals surface area contributed by atoms with Gasteiger partial charge in [0.15, 0.2) is 0 Å². The maximum absolute atomic E-state index is 11.8. The van der Waals surface area contributed by atoms with Crippen LogP contribution in [0.25, 0.3) is 10.9 Å². The Bertz CT molecular complexity index is 909. The molecule has 0 unspecified atom stereocenters. The van der Waals surface area contributed by atoms with Gasteiger partial charge in [0.25, 0.3) is 0 Å². The molecular weight excluding hydrogens is 314 g/mol. The Hall–Kier alpha value is -2.75. The molecule has 4 heteroatoms. The van der Waals surface area contributed by atoms with E-state index in [1.807, 2.05) is 36.4 Å². The van der Waals surface area contributed by atoms with Crippen molar-refractivity contribution >= 4 is 16.9 Å². The second-order valence-corrected chi connectivity index (χ2v) is 6.35. The highest BCUT2D eigenvalue weighted by atomic mass is 16.5. The molecule has 0 spiro atoms. The molecule has 0 amide bonds. The second kappa shape index (κ2) is 7.01. The lowest BCUT2D eigenvalue weighted by atomic mass is 10.1. The average molecular weight is 337 g/mol. The highest BCUT2D eigenvalue weighted by Gasteiger charge is 2.15. The maximum Gasteiger partial charge on any atom is 0.337 e. The fourth-order valence-electron chi connectivity index (χ4n) is 3.33. The molecule has 0 aliphatic heterocycles. The van der Waals surface area contributed by atoms with Crippen LogP contribution in [0, 0.1) is 0 Å². The molecule has 1 aromatic heterocycles. The topological polar surface area (TPSA) is 40.5 Å². The number of ether oxygens (including phenoxy) is 2. The van der Waals surface area contributed by atoms with Crippen molar-refractivity contribution in [1.29, 1.82) is 0 Å². The second-order valence-electron chi connectivity index (χ2n) is 6.35. The van der Waals surface area contributed by atoms with E-state index in [2.05, 4.69) is 30.5 Å². The maximum atomic E-state index is 11.8. The van der Waals surface area contributed by atoms with Gasteiger partial charge in [-0.15, -0.1) is 0 Å². The van der Waals surface area contributed by atoms with Crippen molar-refractivity contribution in [3.05, 3.63) is 65.4 Å². The quantitative estimate of drug-likeness (QED) is 0.638. The van der Waals surface area contributed by atoms with E-state index in [4.69, 9.17) is 9.47 Å². The summed E-state index contributed by atoms with van der Waals surface area (Å²) in [5.74, 6) is 0.573. The number of fused-ring (bicyclic) bond motifs is 1. The Balaban J connectivity index is 2.10. The molecule has 0 fully saturated rings. The van der Waals surface area contributed by atoms with E-state index in [-0.39, 0.29) is 5.97 Å². The van der Waals surface area contributed by atoms with Crippen LogP contribution in [0.2, 0.25) is 0 Å². The highest BCUT2D eigenvalue weighted by molar-refractivity contribution is 5.95. The van der Waals surface area contributed by atoms with E-state index >= 15 is 0 Å². The molecule has 25 heavy (non-hydrogen) atoms. The summed E-state index contributed by atoms with van der Waals surface area (Å²) in [6.45, 7) is 4.33. The Morgan fingerprint density at radius 1 is 1.08 bits per heavy atom. The summed E-state index contributed by atoms with van der Waals surface area (Å²) in [4.78, 5) is 11.8. The van der Waals surface area contributed by atoms with Crippen LogP contribution in [0.5, 0.6) is 5.75 Å². The number of carbonyl (C=O) groups excluding carboxylic acids is 1. The number of hydrogen-bond acceptors (Lipinski definition) is 3. The van der Waals surface area contributed by atoms with Crippen molar-refractivity contribution in [1.82, 2.24) is 4.57 Å². The van der Waals surface area contributed by atoms with Crippen molar-refractivity contribution in [2.24, 2.45) is 0 Å². The average Bonchev–Trinajstić information content (AvgIpc) is 2.98. The zero-order valence-electron chi connectivity index (χ0n) is 15.1. The molecule has 3 rings (SSSR count). The van der Waals surface area contributed by atoms with Crippen LogP contribution in [0.3, 0.4) is 0 Å². The van der Waals surface area contributed by atoms with Crippen molar-refractivity contribution in [3.8, 4) is 5.75 Å². The number of esters is 1. The third-order valence-corrected chi connectivity index (χ3v) is 4.42. The van der Waals surface area contributed by atoms with E-state index < -0.39 is 0 Å². The van der Waals surface area contributed by atoms with Gasteiger partial charge in [-0.25, -0.2) is 4.79 Å². The lowest BCUT2D eigenvalue weighted by Crippen LogP contribution is -2.07. The third kappa shape index (κ3) is 3.25. The highest BCUT2D eigenvalue weighted by Crippen LogP contribution is 2.29. The molecule has 0 N–H and O–H groups in total. The van der Waals surface area contributed by atoms with Gasteiger partial charge in [-0.2, -0.15) is 0 Å². The zero-order valence-corrected chi connectivity index (χ0v) is 15.1. The predicted octanol–water partition coefficient (Wildman–Crippen LogP) is 4.61. The van der Waals surface area contributed by atoms with Gasteiger partial charge in [0, 0.05) is 29.1 Å². The van der Waals surface area contributed by atoms with Gasteiger partial charge in [0.1, 0.15) is 5.75 Å². The van der Waals surface area contributed by atoms with Crippen molar-refractivity contribution in [2.45, 2.75) is 26.3 Å². The van der Waals surface area contributed by atoms with Crippen LogP contribution in [0.4, 0.5) is 0 Å². The van der Waals surface area contributed by atoms with Crippen molar-refractivity contribution in [2.75, 3.05) is 14.2 Å². The van der Waals surface area contributed by atoms with Gasteiger partial charge >= 0.3 is 5.97 Å². The van der Waals surface area contributed by atoms with Gasteiger partial charge in [-0.3, -0.25) is 0 Å². The minimum Gasteiger partial charge on any atom is -0.496 e. The first-order valence-corrected chi connectivity index (χ1v) is 8.39. The molecule has 1 heterocycles.